The van der Waals surface area contributed by atoms with Crippen LogP contribution >= 0.6 is 0 Å². The smallest absolute Gasteiger partial charge is 0.257 e. The molecule has 86 valence electrons. The van der Waals surface area contributed by atoms with Gasteiger partial charge in [-0.05, 0) is 6.42 Å². The van der Waals surface area contributed by atoms with Gasteiger partial charge in [0, 0.05) is 6.21 Å². The Balaban J connectivity index is 1.82. The topological polar surface area (TPSA) is 49.3 Å². The zero-order chi connectivity index (χ0) is 10.6. The van der Waals surface area contributed by atoms with Crippen molar-refractivity contribution in [3.63, 3.8) is 0 Å². The number of rotatable bonds is 2. The molecule has 0 aliphatic carbocycles. The highest BCUT2D eigenvalue weighted by atomic mass is 16.7. The predicted octanol–water partition coefficient (Wildman–Crippen LogP) is 0.788. The zero-order valence-corrected chi connectivity index (χ0v) is 8.98. The molecule has 0 amide bonds. The molecule has 15 heavy (non-hydrogen) atoms. The van der Waals surface area contributed by atoms with E-state index in [0.29, 0.717) is 33.2 Å². The van der Waals surface area contributed by atoms with E-state index >= 15 is 0 Å². The molecule has 2 aliphatic rings. The van der Waals surface area contributed by atoms with Gasteiger partial charge >= 0.3 is 0 Å². The van der Waals surface area contributed by atoms with Gasteiger partial charge in [-0.15, -0.1) is 0 Å². The normalized spacial score (nSPS) is 27.5. The van der Waals surface area contributed by atoms with E-state index in [1.807, 2.05) is 6.92 Å². The Morgan fingerprint density at radius 3 is 2.47 bits per heavy atom. The Kier molecular flexibility index (Phi) is 3.69. The first-order valence-corrected chi connectivity index (χ1v) is 5.25. The van der Waals surface area contributed by atoms with Crippen LogP contribution in [0.25, 0.3) is 0 Å². The van der Waals surface area contributed by atoms with Crippen molar-refractivity contribution in [2.75, 3.05) is 33.2 Å². The van der Waals surface area contributed by atoms with Gasteiger partial charge in [-0.1, -0.05) is 6.92 Å². The molecule has 0 atom stereocenters. The predicted molar refractivity (Wildman–Crippen MR) is 53.7 cm³/mol. The summed E-state index contributed by atoms with van der Waals surface area (Å²) in [5.74, 6) is 0. The summed E-state index contributed by atoms with van der Waals surface area (Å²) in [6, 6.07) is 0. The lowest BCUT2D eigenvalue weighted by Gasteiger charge is -2.40. The number of ether oxygens (including phenoxy) is 4. The molecule has 1 spiro atoms. The molecule has 2 aliphatic heterocycles. The van der Waals surface area contributed by atoms with Crippen LogP contribution in [0, 0.1) is 5.41 Å². The summed E-state index contributed by atoms with van der Waals surface area (Å²) in [4.78, 5) is 4.13. The molecule has 0 aromatic heterocycles. The van der Waals surface area contributed by atoms with Crippen LogP contribution in [-0.2, 0) is 18.9 Å². The van der Waals surface area contributed by atoms with Crippen LogP contribution in [0.4, 0.5) is 0 Å². The lowest BCUT2D eigenvalue weighted by molar-refractivity contribution is -0.276. The van der Waals surface area contributed by atoms with E-state index in [2.05, 4.69) is 4.99 Å². The third-order valence-electron chi connectivity index (χ3n) is 2.46. The van der Waals surface area contributed by atoms with Crippen LogP contribution in [0.5, 0.6) is 0 Å². The molecular weight excluding hydrogens is 198 g/mol. The molecule has 0 bridgehead atoms. The zero-order valence-electron chi connectivity index (χ0n) is 8.98. The second-order valence-electron chi connectivity index (χ2n) is 3.98. The summed E-state index contributed by atoms with van der Waals surface area (Å²) < 4.78 is 21.5. The number of aliphatic imine (C=N–C) groups is 1. The fraction of sp³-hybridized carbons (Fsp3) is 0.900. The Morgan fingerprint density at radius 1 is 1.20 bits per heavy atom. The highest BCUT2D eigenvalue weighted by molar-refractivity contribution is 5.56. The third-order valence-corrected chi connectivity index (χ3v) is 2.46. The van der Waals surface area contributed by atoms with Gasteiger partial charge in [0.05, 0.1) is 31.8 Å². The SMILES string of the molecule is CCC=NC1OCC2(COCOC2)CO1. The lowest BCUT2D eigenvalue weighted by Crippen LogP contribution is -2.49. The molecule has 0 aromatic rings. The van der Waals surface area contributed by atoms with Crippen molar-refractivity contribution in [2.24, 2.45) is 10.4 Å². The van der Waals surface area contributed by atoms with E-state index in [1.54, 1.807) is 6.21 Å². The van der Waals surface area contributed by atoms with Crippen molar-refractivity contribution in [2.45, 2.75) is 19.8 Å². The molecule has 2 fully saturated rings. The van der Waals surface area contributed by atoms with Gasteiger partial charge < -0.3 is 18.9 Å². The van der Waals surface area contributed by atoms with Crippen molar-refractivity contribution in [1.29, 1.82) is 0 Å². The average Bonchev–Trinajstić information content (AvgIpc) is 2.30. The molecule has 0 aromatic carbocycles. The first kappa shape index (κ1) is 11.0. The Morgan fingerprint density at radius 2 is 1.87 bits per heavy atom. The van der Waals surface area contributed by atoms with Crippen molar-refractivity contribution in [3.05, 3.63) is 0 Å². The van der Waals surface area contributed by atoms with Crippen LogP contribution in [-0.4, -0.2) is 45.8 Å². The van der Waals surface area contributed by atoms with E-state index in [4.69, 9.17) is 18.9 Å². The maximum absolute atomic E-state index is 5.49. The second kappa shape index (κ2) is 5.03. The third kappa shape index (κ3) is 2.75. The molecule has 0 saturated carbocycles. The minimum atomic E-state index is -0.447. The van der Waals surface area contributed by atoms with E-state index in [9.17, 15) is 0 Å². The molecule has 2 rings (SSSR count). The maximum Gasteiger partial charge on any atom is 0.257 e. The van der Waals surface area contributed by atoms with Crippen LogP contribution in [0.2, 0.25) is 0 Å². The second-order valence-corrected chi connectivity index (χ2v) is 3.98. The van der Waals surface area contributed by atoms with Gasteiger partial charge in [-0.25, -0.2) is 4.99 Å². The van der Waals surface area contributed by atoms with E-state index in [-0.39, 0.29) is 5.41 Å². The number of hydrogen-bond donors (Lipinski definition) is 0. The number of hydrogen-bond acceptors (Lipinski definition) is 5. The molecule has 0 unspecified atom stereocenters. The van der Waals surface area contributed by atoms with Crippen LogP contribution in [0.15, 0.2) is 4.99 Å². The minimum absolute atomic E-state index is 0.128. The average molecular weight is 215 g/mol. The largest absolute Gasteiger partial charge is 0.355 e. The highest BCUT2D eigenvalue weighted by Crippen LogP contribution is 2.28. The molecule has 0 radical (unpaired) electrons. The number of nitrogens with zero attached hydrogens (tertiary/aromatic N) is 1. The van der Waals surface area contributed by atoms with Crippen molar-refractivity contribution in [3.8, 4) is 0 Å². The monoisotopic (exact) mass is 215 g/mol. The fourth-order valence-electron chi connectivity index (χ4n) is 1.65. The Hall–Kier alpha value is -0.490. The van der Waals surface area contributed by atoms with E-state index < -0.39 is 6.41 Å². The summed E-state index contributed by atoms with van der Waals surface area (Å²) >= 11 is 0. The maximum atomic E-state index is 5.49. The van der Waals surface area contributed by atoms with Gasteiger partial charge in [-0.2, -0.15) is 0 Å². The van der Waals surface area contributed by atoms with Crippen molar-refractivity contribution >= 4 is 6.21 Å². The standard InChI is InChI=1S/C10H17NO4/c1-2-3-11-9-14-6-10(7-15-9)4-12-8-13-5-10/h3,9H,2,4-8H2,1H3. The summed E-state index contributed by atoms with van der Waals surface area (Å²) in [6.07, 6.45) is 2.24. The fourth-order valence-corrected chi connectivity index (χ4v) is 1.65. The lowest BCUT2D eigenvalue weighted by atomic mass is 9.91. The first-order chi connectivity index (χ1) is 7.35. The van der Waals surface area contributed by atoms with Gasteiger partial charge in [0.25, 0.3) is 6.41 Å². The van der Waals surface area contributed by atoms with Crippen LogP contribution < -0.4 is 0 Å². The van der Waals surface area contributed by atoms with E-state index in [1.165, 1.54) is 0 Å². The van der Waals surface area contributed by atoms with Crippen LogP contribution in [0.3, 0.4) is 0 Å². The Labute approximate surface area is 89.4 Å². The molecule has 5 heteroatoms. The van der Waals surface area contributed by atoms with Gasteiger partial charge in [0.2, 0.25) is 0 Å². The summed E-state index contributed by atoms with van der Waals surface area (Å²) in [7, 11) is 0. The van der Waals surface area contributed by atoms with E-state index in [0.717, 1.165) is 6.42 Å². The van der Waals surface area contributed by atoms with Crippen LogP contribution in [0.1, 0.15) is 13.3 Å². The van der Waals surface area contributed by atoms with Gasteiger partial charge in [0.15, 0.2) is 0 Å². The molecular formula is C10H17NO4. The van der Waals surface area contributed by atoms with Gasteiger partial charge in [-0.3, -0.25) is 0 Å². The summed E-state index contributed by atoms with van der Waals surface area (Å²) in [5, 5.41) is 0. The van der Waals surface area contributed by atoms with Crippen molar-refractivity contribution in [1.82, 2.24) is 0 Å². The highest BCUT2D eigenvalue weighted by Gasteiger charge is 2.39. The molecule has 2 heterocycles. The summed E-state index contributed by atoms with van der Waals surface area (Å²) in [6.45, 7) is 4.83. The molecule has 5 nitrogen and oxygen atoms in total. The molecule has 0 N–H and O–H groups in total. The quantitative estimate of drug-likeness (QED) is 0.639. The Bertz CT molecular complexity index is 215. The van der Waals surface area contributed by atoms with Gasteiger partial charge in [0.1, 0.15) is 6.79 Å². The summed E-state index contributed by atoms with van der Waals surface area (Å²) in [5.41, 5.74) is -0.128. The van der Waals surface area contributed by atoms with Crippen molar-refractivity contribution < 1.29 is 18.9 Å². The first-order valence-electron chi connectivity index (χ1n) is 5.25. The molecule has 2 saturated heterocycles. The minimum Gasteiger partial charge on any atom is -0.355 e.